The van der Waals surface area contributed by atoms with Gasteiger partial charge in [-0.1, -0.05) is 6.92 Å². The molecule has 0 radical (unpaired) electrons. The van der Waals surface area contributed by atoms with Gasteiger partial charge in [0.15, 0.2) is 0 Å². The molecule has 20 heavy (non-hydrogen) atoms. The minimum absolute atomic E-state index is 0.0564. The number of urea groups is 1. The first-order valence-electron chi connectivity index (χ1n) is 6.94. The highest BCUT2D eigenvalue weighted by Gasteiger charge is 2.47. The van der Waals surface area contributed by atoms with E-state index in [2.05, 4.69) is 5.32 Å². The number of aliphatic hydroxyl groups is 1. The highest BCUT2D eigenvalue weighted by molar-refractivity contribution is 6.08. The number of carbonyl (C=O) groups excluding carboxylic acids is 3. The quantitative estimate of drug-likeness (QED) is 0.684. The Morgan fingerprint density at radius 2 is 2.20 bits per heavy atom. The zero-order valence-corrected chi connectivity index (χ0v) is 11.9. The standard InChI is InChI=1S/C13H21N3O4/c1-3-13(2)11(19)16(12(20)14-13)7-10(18)15-5-4-9(6-15)8-17/h9,17H,3-8H2,1-2H3,(H,14,20). The normalized spacial score (nSPS) is 30.1. The molecular weight excluding hydrogens is 262 g/mol. The van der Waals surface area contributed by atoms with Gasteiger partial charge in [-0.15, -0.1) is 0 Å². The van der Waals surface area contributed by atoms with Crippen molar-refractivity contribution in [2.45, 2.75) is 32.2 Å². The van der Waals surface area contributed by atoms with E-state index in [4.69, 9.17) is 5.11 Å². The maximum atomic E-state index is 12.2. The van der Waals surface area contributed by atoms with Gasteiger partial charge in [0.2, 0.25) is 5.91 Å². The number of rotatable bonds is 4. The second-order valence-electron chi connectivity index (χ2n) is 5.68. The predicted molar refractivity (Wildman–Crippen MR) is 70.7 cm³/mol. The van der Waals surface area contributed by atoms with Gasteiger partial charge >= 0.3 is 6.03 Å². The van der Waals surface area contributed by atoms with E-state index in [-0.39, 0.29) is 30.9 Å². The fourth-order valence-corrected chi connectivity index (χ4v) is 2.57. The van der Waals surface area contributed by atoms with Gasteiger partial charge in [0.1, 0.15) is 12.1 Å². The number of nitrogens with zero attached hydrogens (tertiary/aromatic N) is 2. The lowest BCUT2D eigenvalue weighted by Gasteiger charge is -2.21. The van der Waals surface area contributed by atoms with Crippen LogP contribution in [0.3, 0.4) is 0 Å². The van der Waals surface area contributed by atoms with Crippen LogP contribution in [0.4, 0.5) is 4.79 Å². The van der Waals surface area contributed by atoms with Gasteiger partial charge in [-0.3, -0.25) is 14.5 Å². The van der Waals surface area contributed by atoms with Crippen molar-refractivity contribution in [3.8, 4) is 0 Å². The van der Waals surface area contributed by atoms with Crippen molar-refractivity contribution in [1.29, 1.82) is 0 Å². The smallest absolute Gasteiger partial charge is 0.325 e. The summed E-state index contributed by atoms with van der Waals surface area (Å²) in [7, 11) is 0. The Hall–Kier alpha value is -1.63. The van der Waals surface area contributed by atoms with Gasteiger partial charge in [0.25, 0.3) is 5.91 Å². The van der Waals surface area contributed by atoms with Crippen LogP contribution in [0.1, 0.15) is 26.7 Å². The van der Waals surface area contributed by atoms with Crippen molar-refractivity contribution in [2.75, 3.05) is 26.2 Å². The third kappa shape index (κ3) is 2.49. The Balaban J connectivity index is 1.98. The summed E-state index contributed by atoms with van der Waals surface area (Å²) >= 11 is 0. The summed E-state index contributed by atoms with van der Waals surface area (Å²) in [6.07, 6.45) is 1.24. The molecule has 4 amide bonds. The summed E-state index contributed by atoms with van der Waals surface area (Å²) in [5.74, 6) is -0.496. The average molecular weight is 283 g/mol. The first-order valence-corrected chi connectivity index (χ1v) is 6.94. The fourth-order valence-electron chi connectivity index (χ4n) is 2.57. The zero-order chi connectivity index (χ0) is 14.9. The Labute approximate surface area is 117 Å². The number of carbonyl (C=O) groups is 3. The van der Waals surface area contributed by atoms with Gasteiger partial charge in [-0.2, -0.15) is 0 Å². The van der Waals surface area contributed by atoms with E-state index < -0.39 is 11.6 Å². The van der Waals surface area contributed by atoms with Gasteiger partial charge in [0, 0.05) is 25.6 Å². The molecule has 0 aromatic rings. The number of hydrogen-bond donors (Lipinski definition) is 2. The van der Waals surface area contributed by atoms with Crippen LogP contribution in [0.25, 0.3) is 0 Å². The van der Waals surface area contributed by atoms with E-state index in [0.29, 0.717) is 19.5 Å². The minimum Gasteiger partial charge on any atom is -0.396 e. The first kappa shape index (κ1) is 14.8. The minimum atomic E-state index is -0.907. The lowest BCUT2D eigenvalue weighted by Crippen LogP contribution is -2.45. The second-order valence-corrected chi connectivity index (χ2v) is 5.68. The predicted octanol–water partition coefficient (Wildman–Crippen LogP) is -0.452. The van der Waals surface area contributed by atoms with E-state index in [9.17, 15) is 14.4 Å². The molecule has 0 aliphatic carbocycles. The Bertz CT molecular complexity index is 439. The highest BCUT2D eigenvalue weighted by atomic mass is 16.3. The zero-order valence-electron chi connectivity index (χ0n) is 11.9. The fraction of sp³-hybridized carbons (Fsp3) is 0.769. The number of amides is 4. The maximum absolute atomic E-state index is 12.2. The molecule has 7 heteroatoms. The second kappa shape index (κ2) is 5.40. The van der Waals surface area contributed by atoms with Crippen LogP contribution in [0, 0.1) is 5.92 Å². The van der Waals surface area contributed by atoms with Crippen LogP contribution in [-0.4, -0.2) is 64.5 Å². The van der Waals surface area contributed by atoms with E-state index in [1.165, 1.54) is 0 Å². The lowest BCUT2D eigenvalue weighted by molar-refractivity contribution is -0.138. The van der Waals surface area contributed by atoms with Crippen LogP contribution in [0.5, 0.6) is 0 Å². The van der Waals surface area contributed by atoms with E-state index in [0.717, 1.165) is 11.3 Å². The molecule has 0 saturated carbocycles. The van der Waals surface area contributed by atoms with Gasteiger partial charge in [0.05, 0.1) is 0 Å². The van der Waals surface area contributed by atoms with Crippen molar-refractivity contribution in [1.82, 2.24) is 15.1 Å². The van der Waals surface area contributed by atoms with Crippen molar-refractivity contribution in [2.24, 2.45) is 5.92 Å². The van der Waals surface area contributed by atoms with Gasteiger partial charge in [-0.25, -0.2) is 4.79 Å². The third-order valence-electron chi connectivity index (χ3n) is 4.24. The maximum Gasteiger partial charge on any atom is 0.325 e. The molecule has 0 aromatic heterocycles. The summed E-state index contributed by atoms with van der Waals surface area (Å²) in [4.78, 5) is 38.7. The summed E-state index contributed by atoms with van der Waals surface area (Å²) in [6.45, 7) is 4.37. The average Bonchev–Trinajstić information content (AvgIpc) is 2.98. The molecule has 2 unspecified atom stereocenters. The molecule has 0 spiro atoms. The van der Waals surface area contributed by atoms with Crippen molar-refractivity contribution >= 4 is 17.8 Å². The van der Waals surface area contributed by atoms with Crippen molar-refractivity contribution in [3.05, 3.63) is 0 Å². The van der Waals surface area contributed by atoms with Crippen molar-refractivity contribution in [3.63, 3.8) is 0 Å². The summed E-state index contributed by atoms with van der Waals surface area (Å²) in [5.41, 5.74) is -0.907. The third-order valence-corrected chi connectivity index (χ3v) is 4.24. The van der Waals surface area contributed by atoms with Crippen LogP contribution < -0.4 is 5.32 Å². The summed E-state index contributed by atoms with van der Waals surface area (Å²) < 4.78 is 0. The number of hydrogen-bond acceptors (Lipinski definition) is 4. The Morgan fingerprint density at radius 1 is 1.50 bits per heavy atom. The number of aliphatic hydroxyl groups excluding tert-OH is 1. The number of imide groups is 1. The van der Waals surface area contributed by atoms with Gasteiger partial charge < -0.3 is 15.3 Å². The molecule has 2 atom stereocenters. The molecule has 0 aromatic carbocycles. The molecule has 2 N–H and O–H groups in total. The first-order chi connectivity index (χ1) is 9.41. The number of likely N-dealkylation sites (tertiary alicyclic amines) is 1. The Morgan fingerprint density at radius 3 is 2.70 bits per heavy atom. The monoisotopic (exact) mass is 283 g/mol. The summed E-state index contributed by atoms with van der Waals surface area (Å²) in [5, 5.41) is 11.7. The number of nitrogens with one attached hydrogen (secondary N) is 1. The van der Waals surface area contributed by atoms with Crippen molar-refractivity contribution < 1.29 is 19.5 Å². The molecule has 2 aliphatic heterocycles. The van der Waals surface area contributed by atoms with E-state index in [1.54, 1.807) is 11.8 Å². The molecular formula is C13H21N3O4. The molecule has 2 saturated heterocycles. The molecule has 0 bridgehead atoms. The molecule has 2 rings (SSSR count). The SMILES string of the molecule is CCC1(C)NC(=O)N(CC(=O)N2CCC(CO)C2)C1=O. The van der Waals surface area contributed by atoms with Crippen LogP contribution in [0.2, 0.25) is 0 Å². The van der Waals surface area contributed by atoms with Crippen LogP contribution in [-0.2, 0) is 9.59 Å². The van der Waals surface area contributed by atoms with Crippen LogP contribution >= 0.6 is 0 Å². The summed E-state index contributed by atoms with van der Waals surface area (Å²) in [6, 6.07) is -0.509. The van der Waals surface area contributed by atoms with Gasteiger partial charge in [-0.05, 0) is 19.8 Å². The van der Waals surface area contributed by atoms with E-state index >= 15 is 0 Å². The lowest BCUT2D eigenvalue weighted by atomic mass is 9.99. The van der Waals surface area contributed by atoms with Crippen LogP contribution in [0.15, 0.2) is 0 Å². The molecule has 2 fully saturated rings. The molecule has 2 heterocycles. The van der Waals surface area contributed by atoms with E-state index in [1.807, 2.05) is 6.92 Å². The topological polar surface area (TPSA) is 90.0 Å². The Kier molecular flexibility index (Phi) is 3.99. The molecule has 7 nitrogen and oxygen atoms in total. The molecule has 112 valence electrons. The largest absolute Gasteiger partial charge is 0.396 e. The highest BCUT2D eigenvalue weighted by Crippen LogP contribution is 2.21. The molecule has 2 aliphatic rings.